The Balaban J connectivity index is 0.000000194. The maximum atomic E-state index is 8.81. The number of rotatable bonds is 2. The summed E-state index contributed by atoms with van der Waals surface area (Å²) in [6.45, 7) is 3.24. The monoisotopic (exact) mass is 504 g/mol. The van der Waals surface area contributed by atoms with E-state index < -0.39 is 22.5 Å². The summed E-state index contributed by atoms with van der Waals surface area (Å²) in [4.78, 5) is 5.47. The van der Waals surface area contributed by atoms with Gasteiger partial charge in [0.15, 0.2) is 0 Å². The Bertz CT molecular complexity index is 554. The number of aliphatic hydroxyl groups excluding tert-OH is 1. The van der Waals surface area contributed by atoms with Crippen LogP contribution in [0.25, 0.3) is 10.4 Å². The summed E-state index contributed by atoms with van der Waals surface area (Å²) < 4.78 is 12.3. The standard InChI is InChI=1S/C11H12N2S.C3H8AtNO2/c1-8-11(14-7-13-8)10-4-2-9(6-12)3-5-10;6-3-1-4(7)5-2-3/h2-5,7H,6,12H2,1H3;3,5-7H,1-2H2. The van der Waals surface area contributed by atoms with Crippen LogP contribution < -0.4 is 8.99 Å². The summed E-state index contributed by atoms with van der Waals surface area (Å²) in [7, 11) is 0. The van der Waals surface area contributed by atoms with Gasteiger partial charge in [-0.15, -0.1) is 11.3 Å². The maximum absolute atomic E-state index is 8.81. The molecule has 1 aliphatic rings. The number of hydrogen-bond donors (Lipinski definition) is 4. The van der Waals surface area contributed by atoms with Crippen LogP contribution in [0.4, 0.5) is 0 Å². The van der Waals surface area contributed by atoms with Gasteiger partial charge in [0.2, 0.25) is 0 Å². The molecule has 0 saturated carbocycles. The molecule has 1 saturated heterocycles. The van der Waals surface area contributed by atoms with Crippen molar-refractivity contribution in [3.05, 3.63) is 41.0 Å². The van der Waals surface area contributed by atoms with E-state index in [0.717, 1.165) is 11.3 Å². The fourth-order valence-corrected chi connectivity index (χ4v) is 6.18. The summed E-state index contributed by atoms with van der Waals surface area (Å²) in [6, 6.07) is 8.33. The Kier molecular flexibility index (Phi) is 6.67. The fraction of sp³-hybridized carbons (Fsp3) is 0.357. The number of thiazole rings is 1. The van der Waals surface area contributed by atoms with Gasteiger partial charge in [0.25, 0.3) is 0 Å². The molecule has 0 spiro atoms. The first-order chi connectivity index (χ1) is 10.1. The van der Waals surface area contributed by atoms with Crippen molar-refractivity contribution < 1.29 is 30.8 Å². The molecule has 1 fully saturated rings. The van der Waals surface area contributed by atoms with Crippen LogP contribution in [0, 0.1) is 29.4 Å². The summed E-state index contributed by atoms with van der Waals surface area (Å²) >= 11 is -0.310. The van der Waals surface area contributed by atoms with Crippen molar-refractivity contribution in [2.45, 2.75) is 23.7 Å². The van der Waals surface area contributed by atoms with Crippen molar-refractivity contribution >= 4 is 11.3 Å². The van der Waals surface area contributed by atoms with Gasteiger partial charge in [-0.05, 0) is 18.1 Å². The van der Waals surface area contributed by atoms with E-state index in [1.165, 1.54) is 10.4 Å². The average Bonchev–Trinajstić information content (AvgIpc) is 3.08. The number of β-amino-alcohol motifs (C(OH)–C–C–N with tert-alkyl or cyclic N) is 1. The molecule has 0 aliphatic carbocycles. The number of aromatic nitrogens is 1. The number of aryl methyl sites for hydroxylation is 1. The summed E-state index contributed by atoms with van der Waals surface area (Å²) in [5.41, 5.74) is 10.9. The van der Waals surface area contributed by atoms with Crippen LogP contribution in [0.2, 0.25) is 4.13 Å². The van der Waals surface area contributed by atoms with Crippen molar-refractivity contribution in [3.63, 3.8) is 0 Å². The van der Waals surface area contributed by atoms with Crippen LogP contribution in [0.1, 0.15) is 11.3 Å². The van der Waals surface area contributed by atoms with Crippen molar-refractivity contribution in [1.82, 2.24) is 8.24 Å². The molecule has 116 valence electrons. The molecule has 0 bridgehead atoms. The van der Waals surface area contributed by atoms with Gasteiger partial charge >= 0.3 is 50.8 Å². The van der Waals surface area contributed by atoms with Gasteiger partial charge in [-0.2, -0.15) is 0 Å². The third-order valence-electron chi connectivity index (χ3n) is 2.99. The zero-order valence-corrected chi connectivity index (χ0v) is 15.5. The Labute approximate surface area is 137 Å². The molecule has 1 unspecified atom stereocenters. The second-order valence-corrected chi connectivity index (χ2v) is 10.4. The predicted octanol–water partition coefficient (Wildman–Crippen LogP) is 1.39. The van der Waals surface area contributed by atoms with Crippen LogP contribution in [0.15, 0.2) is 29.8 Å². The number of benzene rings is 1. The number of nitrogens with one attached hydrogen (secondary N) is 1. The molecule has 2 aromatic rings. The molecule has 1 aliphatic heterocycles. The summed E-state index contributed by atoms with van der Waals surface area (Å²) in [6.07, 6.45) is -0.256. The van der Waals surface area contributed by atoms with Crippen LogP contribution >= 0.6 is 11.3 Å². The first-order valence-electron chi connectivity index (χ1n) is 6.56. The van der Waals surface area contributed by atoms with Crippen molar-refractivity contribution in [2.24, 2.45) is 5.73 Å². The average molecular weight is 504 g/mol. The topological polar surface area (TPSA) is 91.4 Å². The zero-order valence-electron chi connectivity index (χ0n) is 11.8. The predicted molar refractivity (Wildman–Crippen MR) is 81.2 cm³/mol. The third kappa shape index (κ3) is 5.06. The Morgan fingerprint density at radius 1 is 1.43 bits per heavy atom. The normalized spacial score (nSPS) is 19.2. The third-order valence-corrected chi connectivity index (χ3v) is 8.29. The molecule has 7 heteroatoms. The summed E-state index contributed by atoms with van der Waals surface area (Å²) in [5.74, 6) is 0. The molecule has 1 aromatic carbocycles. The van der Waals surface area contributed by atoms with Crippen molar-refractivity contribution in [3.8, 4) is 10.4 Å². The first-order valence-corrected chi connectivity index (χ1v) is 12.3. The van der Waals surface area contributed by atoms with E-state index in [9.17, 15) is 0 Å². The number of nitrogens with zero attached hydrogens (tertiary/aromatic N) is 1. The summed E-state index contributed by atoms with van der Waals surface area (Å²) in [5, 5.41) is 8.72. The SMILES string of the molecule is Cc1ncsc1-c1ccc(CN)cc1.OC1CN[At](O)C1. The van der Waals surface area contributed by atoms with E-state index in [0.29, 0.717) is 17.2 Å². The molecule has 1 atom stereocenters. The minimum atomic E-state index is -1.98. The minimum absolute atomic E-state index is 0.256. The molecule has 21 heavy (non-hydrogen) atoms. The van der Waals surface area contributed by atoms with Crippen LogP contribution in [0.5, 0.6) is 0 Å². The Hall–Kier alpha value is -0.427. The molecule has 5 nitrogen and oxygen atoms in total. The van der Waals surface area contributed by atoms with Gasteiger partial charge < -0.3 is 5.73 Å². The van der Waals surface area contributed by atoms with Crippen molar-refractivity contribution in [2.75, 3.05) is 6.54 Å². The number of hydrogen-bond acceptors (Lipinski definition) is 6. The van der Waals surface area contributed by atoms with E-state index >= 15 is 0 Å². The molecule has 1 aromatic heterocycles. The number of aliphatic hydroxyl groups is 1. The molecule has 2 heterocycles. The Morgan fingerprint density at radius 3 is 2.52 bits per heavy atom. The van der Waals surface area contributed by atoms with E-state index in [2.05, 4.69) is 32.5 Å². The second kappa shape index (κ2) is 8.27. The fourth-order valence-electron chi connectivity index (χ4n) is 1.83. The molecular formula is C14H20AtN3O2S. The molecule has 5 N–H and O–H groups in total. The van der Waals surface area contributed by atoms with Gasteiger partial charge in [0, 0.05) is 6.54 Å². The van der Waals surface area contributed by atoms with Gasteiger partial charge in [0.1, 0.15) is 0 Å². The molecular weight excluding hydrogens is 484 g/mol. The van der Waals surface area contributed by atoms with Crippen molar-refractivity contribution in [1.29, 1.82) is 0 Å². The number of nitrogens with two attached hydrogens (primary N) is 1. The van der Waals surface area contributed by atoms with Crippen LogP contribution in [-0.2, 0) is 6.54 Å². The molecule has 0 amide bonds. The quantitative estimate of drug-likeness (QED) is 0.497. The zero-order chi connectivity index (χ0) is 15.2. The van der Waals surface area contributed by atoms with E-state index in [-0.39, 0.29) is 6.10 Å². The van der Waals surface area contributed by atoms with Gasteiger partial charge in [-0.3, -0.25) is 0 Å². The van der Waals surface area contributed by atoms with Gasteiger partial charge in [-0.1, -0.05) is 24.3 Å². The Morgan fingerprint density at radius 2 is 2.14 bits per heavy atom. The van der Waals surface area contributed by atoms with Gasteiger partial charge in [-0.25, -0.2) is 4.98 Å². The van der Waals surface area contributed by atoms with E-state index in [4.69, 9.17) is 14.0 Å². The van der Waals surface area contributed by atoms with Gasteiger partial charge in [0.05, 0.1) is 16.1 Å². The van der Waals surface area contributed by atoms with E-state index in [1.54, 1.807) is 11.3 Å². The molecule has 3 rings (SSSR count). The van der Waals surface area contributed by atoms with Crippen LogP contribution in [0.3, 0.4) is 0 Å². The van der Waals surface area contributed by atoms with Crippen LogP contribution in [-0.4, -0.2) is 25.9 Å². The van der Waals surface area contributed by atoms with E-state index in [1.807, 2.05) is 12.4 Å². The second-order valence-electron chi connectivity index (χ2n) is 4.65. The first kappa shape index (κ1) is 16.9. The molecule has 0 radical (unpaired) electrons.